The zero-order chi connectivity index (χ0) is 14.0. The highest BCUT2D eigenvalue weighted by atomic mass is 79.9. The molecule has 19 heavy (non-hydrogen) atoms. The summed E-state index contributed by atoms with van der Waals surface area (Å²) in [5.74, 6) is 0. The van der Waals surface area contributed by atoms with E-state index in [0.29, 0.717) is 11.0 Å². The Morgan fingerprint density at radius 2 is 2.26 bits per heavy atom. The Balaban J connectivity index is 2.01. The summed E-state index contributed by atoms with van der Waals surface area (Å²) in [6, 6.07) is 7.20. The molecule has 1 aliphatic rings. The third-order valence-corrected chi connectivity index (χ3v) is 4.37. The molecule has 0 bridgehead atoms. The number of anilines is 1. The second-order valence-electron chi connectivity index (χ2n) is 5.18. The first kappa shape index (κ1) is 14.8. The van der Waals surface area contributed by atoms with Gasteiger partial charge in [-0.15, -0.1) is 0 Å². The van der Waals surface area contributed by atoms with Gasteiger partial charge >= 0.3 is 0 Å². The quantitative estimate of drug-likeness (QED) is 0.780. The van der Waals surface area contributed by atoms with Crippen LogP contribution in [-0.4, -0.2) is 35.6 Å². The highest BCUT2D eigenvalue weighted by Crippen LogP contribution is 2.27. The van der Waals surface area contributed by atoms with Crippen LogP contribution in [-0.2, 0) is 0 Å². The van der Waals surface area contributed by atoms with Crippen molar-refractivity contribution in [2.24, 2.45) is 5.73 Å². The van der Waals surface area contributed by atoms with E-state index in [0.717, 1.165) is 28.3 Å². The van der Waals surface area contributed by atoms with Gasteiger partial charge in [-0.1, -0.05) is 28.1 Å². The number of likely N-dealkylation sites (N-methyl/N-ethyl adjacent to an activating group) is 1. The molecule has 104 valence electrons. The summed E-state index contributed by atoms with van der Waals surface area (Å²) >= 11 is 8.57. The predicted molar refractivity (Wildman–Crippen MR) is 88.8 cm³/mol. The average Bonchev–Trinajstić information content (AvgIpc) is 3.18. The van der Waals surface area contributed by atoms with Crippen molar-refractivity contribution < 1.29 is 0 Å². The van der Waals surface area contributed by atoms with E-state index < -0.39 is 0 Å². The van der Waals surface area contributed by atoms with Crippen LogP contribution in [0.5, 0.6) is 0 Å². The van der Waals surface area contributed by atoms with E-state index in [2.05, 4.69) is 40.1 Å². The number of nitrogens with two attached hydrogens (primary N) is 1. The van der Waals surface area contributed by atoms with Crippen molar-refractivity contribution >= 4 is 38.8 Å². The molecule has 1 unspecified atom stereocenters. The number of benzene rings is 1. The number of hydrogen-bond acceptors (Lipinski definition) is 3. The van der Waals surface area contributed by atoms with E-state index in [1.807, 2.05) is 18.2 Å². The zero-order valence-electron chi connectivity index (χ0n) is 11.3. The Morgan fingerprint density at radius 3 is 2.84 bits per heavy atom. The molecule has 0 aliphatic heterocycles. The molecule has 0 radical (unpaired) electrons. The van der Waals surface area contributed by atoms with E-state index in [1.54, 1.807) is 0 Å². The second-order valence-corrected chi connectivity index (χ2v) is 6.54. The lowest BCUT2D eigenvalue weighted by Gasteiger charge is -2.25. The summed E-state index contributed by atoms with van der Waals surface area (Å²) in [6.45, 7) is 3.13. The van der Waals surface area contributed by atoms with Crippen LogP contribution in [0.25, 0.3) is 0 Å². The van der Waals surface area contributed by atoms with E-state index >= 15 is 0 Å². The number of nitrogens with one attached hydrogen (secondary N) is 1. The number of halogens is 1. The minimum absolute atomic E-state index is 0.429. The molecule has 0 amide bonds. The fourth-order valence-electron chi connectivity index (χ4n) is 2.12. The Hall–Kier alpha value is -0.650. The number of hydrogen-bond donors (Lipinski definition) is 2. The van der Waals surface area contributed by atoms with Crippen LogP contribution in [0.1, 0.15) is 25.3 Å². The number of nitrogens with zero attached hydrogens (tertiary/aromatic N) is 1. The Labute approximate surface area is 128 Å². The van der Waals surface area contributed by atoms with Crippen LogP contribution >= 0.6 is 28.1 Å². The highest BCUT2D eigenvalue weighted by molar-refractivity contribution is 9.10. The smallest absolute Gasteiger partial charge is 0.106 e. The van der Waals surface area contributed by atoms with Gasteiger partial charge in [-0.2, -0.15) is 0 Å². The van der Waals surface area contributed by atoms with E-state index in [4.69, 9.17) is 18.0 Å². The molecule has 0 saturated heterocycles. The fourth-order valence-corrected chi connectivity index (χ4v) is 2.66. The number of thiocarbonyl (C=S) groups is 1. The van der Waals surface area contributed by atoms with Crippen LogP contribution in [0.4, 0.5) is 5.69 Å². The van der Waals surface area contributed by atoms with Gasteiger partial charge in [0, 0.05) is 34.4 Å². The normalized spacial score (nSPS) is 16.4. The average molecular weight is 342 g/mol. The second kappa shape index (κ2) is 6.20. The molecule has 0 heterocycles. The molecule has 1 aliphatic carbocycles. The van der Waals surface area contributed by atoms with Crippen LogP contribution in [0.3, 0.4) is 0 Å². The minimum atomic E-state index is 0.429. The first-order valence-corrected chi connectivity index (χ1v) is 7.74. The first-order valence-electron chi connectivity index (χ1n) is 6.54. The van der Waals surface area contributed by atoms with Gasteiger partial charge in [0.15, 0.2) is 0 Å². The van der Waals surface area contributed by atoms with Crippen molar-refractivity contribution in [1.29, 1.82) is 0 Å². The maximum atomic E-state index is 5.75. The fraction of sp³-hybridized carbons (Fsp3) is 0.500. The largest absolute Gasteiger partial charge is 0.389 e. The molecule has 1 aromatic carbocycles. The first-order chi connectivity index (χ1) is 8.99. The molecule has 0 aromatic heterocycles. The van der Waals surface area contributed by atoms with E-state index in [1.165, 1.54) is 12.8 Å². The zero-order valence-corrected chi connectivity index (χ0v) is 13.7. The van der Waals surface area contributed by atoms with Gasteiger partial charge in [0.25, 0.3) is 0 Å². The van der Waals surface area contributed by atoms with Crippen molar-refractivity contribution in [2.75, 3.05) is 18.9 Å². The van der Waals surface area contributed by atoms with Crippen LogP contribution in [0, 0.1) is 0 Å². The maximum Gasteiger partial charge on any atom is 0.106 e. The van der Waals surface area contributed by atoms with E-state index in [9.17, 15) is 0 Å². The monoisotopic (exact) mass is 341 g/mol. The Bertz CT molecular complexity index is 474. The number of rotatable bonds is 6. The maximum absolute atomic E-state index is 5.75. The van der Waals surface area contributed by atoms with Gasteiger partial charge in [0.2, 0.25) is 0 Å². The van der Waals surface area contributed by atoms with Crippen LogP contribution in [0.15, 0.2) is 22.7 Å². The molecule has 5 heteroatoms. The van der Waals surface area contributed by atoms with Crippen molar-refractivity contribution in [2.45, 2.75) is 31.8 Å². The topological polar surface area (TPSA) is 41.3 Å². The predicted octanol–water partition coefficient (Wildman–Crippen LogP) is 2.98. The van der Waals surface area contributed by atoms with Crippen molar-refractivity contribution in [3.8, 4) is 0 Å². The van der Waals surface area contributed by atoms with Gasteiger partial charge in [0.1, 0.15) is 4.99 Å². The lowest BCUT2D eigenvalue weighted by Crippen LogP contribution is -2.36. The molecule has 3 N–H and O–H groups in total. The SMILES string of the molecule is CC(CNc1cc(Br)ccc1C(N)=S)N(C)C1CC1. The summed E-state index contributed by atoms with van der Waals surface area (Å²) < 4.78 is 1.03. The van der Waals surface area contributed by atoms with Crippen molar-refractivity contribution in [1.82, 2.24) is 4.90 Å². The molecule has 2 rings (SSSR count). The molecular weight excluding hydrogens is 322 g/mol. The van der Waals surface area contributed by atoms with Crippen LogP contribution < -0.4 is 11.1 Å². The lowest BCUT2D eigenvalue weighted by atomic mass is 10.1. The molecule has 3 nitrogen and oxygen atoms in total. The summed E-state index contributed by atoms with van der Waals surface area (Å²) in [5, 5.41) is 3.46. The lowest BCUT2D eigenvalue weighted by molar-refractivity contribution is 0.257. The molecule has 0 spiro atoms. The minimum Gasteiger partial charge on any atom is -0.389 e. The van der Waals surface area contributed by atoms with Crippen LogP contribution in [0.2, 0.25) is 0 Å². The summed E-state index contributed by atoms with van der Waals surface area (Å²) in [4.78, 5) is 2.86. The Kier molecular flexibility index (Phi) is 4.81. The molecule has 1 fully saturated rings. The summed E-state index contributed by atoms with van der Waals surface area (Å²) in [7, 11) is 2.19. The molecule has 1 atom stereocenters. The third kappa shape index (κ3) is 3.91. The standard InChI is InChI=1S/C14H20BrN3S/c1-9(18(2)11-4-5-11)8-17-13-7-10(15)3-6-12(13)14(16)19/h3,6-7,9,11,17H,4-5,8H2,1-2H3,(H2,16,19). The van der Waals surface area contributed by atoms with Gasteiger partial charge in [-0.25, -0.2) is 0 Å². The van der Waals surface area contributed by atoms with Crippen molar-refractivity contribution in [3.05, 3.63) is 28.2 Å². The Morgan fingerprint density at radius 1 is 1.58 bits per heavy atom. The molecule has 1 aromatic rings. The highest BCUT2D eigenvalue weighted by Gasteiger charge is 2.28. The third-order valence-electron chi connectivity index (χ3n) is 3.65. The summed E-state index contributed by atoms with van der Waals surface area (Å²) in [5.41, 5.74) is 7.66. The summed E-state index contributed by atoms with van der Waals surface area (Å²) in [6.07, 6.45) is 2.66. The molecule has 1 saturated carbocycles. The van der Waals surface area contributed by atoms with E-state index in [-0.39, 0.29) is 0 Å². The van der Waals surface area contributed by atoms with Gasteiger partial charge in [-0.3, -0.25) is 4.90 Å². The molecular formula is C14H20BrN3S. The van der Waals surface area contributed by atoms with Crippen molar-refractivity contribution in [3.63, 3.8) is 0 Å². The van der Waals surface area contributed by atoms with Gasteiger partial charge in [-0.05, 0) is 45.0 Å². The van der Waals surface area contributed by atoms with Gasteiger partial charge < -0.3 is 11.1 Å². The van der Waals surface area contributed by atoms with Gasteiger partial charge in [0.05, 0.1) is 0 Å².